The first kappa shape index (κ1) is 20.2. The van der Waals surface area contributed by atoms with Gasteiger partial charge in [0.2, 0.25) is 0 Å². The zero-order valence-electron chi connectivity index (χ0n) is 14.2. The van der Waals surface area contributed by atoms with Gasteiger partial charge in [0.15, 0.2) is 0 Å². The molecule has 0 heterocycles. The Hall–Kier alpha value is -1.86. The van der Waals surface area contributed by atoms with Crippen molar-refractivity contribution in [1.29, 1.82) is 0 Å². The fourth-order valence-electron chi connectivity index (χ4n) is 2.38. The summed E-state index contributed by atoms with van der Waals surface area (Å²) in [5.74, 6) is -0.243. The Bertz CT molecular complexity index is 617. The van der Waals surface area contributed by atoms with Crippen LogP contribution in [0.4, 0.5) is 11.4 Å². The third-order valence-electron chi connectivity index (χ3n) is 3.94. The molecule has 0 aromatic heterocycles. The van der Waals surface area contributed by atoms with Gasteiger partial charge < -0.3 is 16.0 Å². The summed E-state index contributed by atoms with van der Waals surface area (Å²) in [7, 11) is 1.68. The largest absolute Gasteiger partial charge is 0.377 e. The van der Waals surface area contributed by atoms with Gasteiger partial charge in [0.05, 0.1) is 4.92 Å². The van der Waals surface area contributed by atoms with E-state index in [9.17, 15) is 14.9 Å². The molecule has 0 bridgehead atoms. The molecule has 2 rings (SSSR count). The molecule has 0 unspecified atom stereocenters. The Morgan fingerprint density at radius 3 is 2.58 bits per heavy atom. The van der Waals surface area contributed by atoms with E-state index >= 15 is 0 Å². The summed E-state index contributed by atoms with van der Waals surface area (Å²) >= 11 is 0. The van der Waals surface area contributed by atoms with E-state index in [1.54, 1.807) is 24.1 Å². The number of anilines is 1. The zero-order chi connectivity index (χ0) is 17.2. The van der Waals surface area contributed by atoms with Gasteiger partial charge in [-0.15, -0.1) is 12.4 Å². The first-order valence-electron chi connectivity index (χ1n) is 7.74. The number of hydrogen-bond donors (Lipinski definition) is 2. The minimum Gasteiger partial charge on any atom is -0.377 e. The number of carbonyl (C=O) groups excluding carboxylic acids is 1. The van der Waals surface area contributed by atoms with Crippen molar-refractivity contribution in [2.75, 3.05) is 25.5 Å². The average molecular weight is 357 g/mol. The van der Waals surface area contributed by atoms with Crippen molar-refractivity contribution in [3.8, 4) is 0 Å². The molecule has 0 radical (unpaired) electrons. The number of nitrogens with one attached hydrogen (secondary N) is 1. The Morgan fingerprint density at radius 1 is 1.46 bits per heavy atom. The first-order valence-corrected chi connectivity index (χ1v) is 7.74. The third kappa shape index (κ3) is 5.07. The fourth-order valence-corrected chi connectivity index (χ4v) is 2.38. The maximum atomic E-state index is 12.5. The molecule has 1 saturated carbocycles. The van der Waals surface area contributed by atoms with Crippen LogP contribution in [0.15, 0.2) is 18.2 Å². The van der Waals surface area contributed by atoms with Crippen molar-refractivity contribution in [3.05, 3.63) is 33.9 Å². The molecule has 134 valence electrons. The van der Waals surface area contributed by atoms with Crippen molar-refractivity contribution in [2.45, 2.75) is 32.7 Å². The lowest BCUT2D eigenvalue weighted by Crippen LogP contribution is -2.39. The Kier molecular flexibility index (Phi) is 6.57. The van der Waals surface area contributed by atoms with Crippen LogP contribution in [-0.2, 0) is 0 Å². The zero-order valence-corrected chi connectivity index (χ0v) is 15.1. The first-order chi connectivity index (χ1) is 10.7. The van der Waals surface area contributed by atoms with Crippen LogP contribution >= 0.6 is 12.4 Å². The Balaban J connectivity index is 0.00000288. The maximum Gasteiger partial charge on any atom is 0.293 e. The molecular weight excluding hydrogens is 332 g/mol. The van der Waals surface area contributed by atoms with E-state index in [1.807, 2.05) is 13.8 Å². The highest BCUT2D eigenvalue weighted by molar-refractivity contribution is 5.95. The van der Waals surface area contributed by atoms with E-state index in [0.29, 0.717) is 30.4 Å². The van der Waals surface area contributed by atoms with Gasteiger partial charge in [0.25, 0.3) is 11.6 Å². The lowest BCUT2D eigenvalue weighted by molar-refractivity contribution is -0.384. The van der Waals surface area contributed by atoms with Crippen LogP contribution < -0.4 is 11.1 Å². The molecule has 7 nitrogen and oxygen atoms in total. The fraction of sp³-hybridized carbons (Fsp3) is 0.562. The minimum absolute atomic E-state index is 0. The summed E-state index contributed by atoms with van der Waals surface area (Å²) in [5, 5.41) is 14.4. The third-order valence-corrected chi connectivity index (χ3v) is 3.94. The number of nitrogens with two attached hydrogens (primary N) is 1. The van der Waals surface area contributed by atoms with Gasteiger partial charge in [-0.1, -0.05) is 13.8 Å². The summed E-state index contributed by atoms with van der Waals surface area (Å²) in [6.07, 6.45) is 2.05. The van der Waals surface area contributed by atoms with Crippen molar-refractivity contribution >= 4 is 29.7 Å². The topological polar surface area (TPSA) is 102 Å². The lowest BCUT2D eigenvalue weighted by Gasteiger charge is -2.29. The van der Waals surface area contributed by atoms with Crippen LogP contribution in [0.3, 0.4) is 0 Å². The van der Waals surface area contributed by atoms with E-state index in [1.165, 1.54) is 6.07 Å². The molecule has 1 aromatic carbocycles. The molecule has 1 aliphatic carbocycles. The molecular formula is C16H25ClN4O3. The standard InChI is InChI=1S/C16H24N4O3.ClH/c1-16(2,9-17)10-19(3)15(21)11-4-7-13(18-12-5-6-12)14(8-11)20(22)23;/h4,7-8,12,18H,5-6,9-10,17H2,1-3H3;1H. The van der Waals surface area contributed by atoms with Crippen LogP contribution in [0, 0.1) is 15.5 Å². The normalized spacial score (nSPS) is 13.8. The van der Waals surface area contributed by atoms with E-state index in [2.05, 4.69) is 5.32 Å². The van der Waals surface area contributed by atoms with Gasteiger partial charge in [-0.3, -0.25) is 14.9 Å². The smallest absolute Gasteiger partial charge is 0.293 e. The van der Waals surface area contributed by atoms with Crippen molar-refractivity contribution < 1.29 is 9.72 Å². The van der Waals surface area contributed by atoms with Crippen LogP contribution in [-0.4, -0.2) is 41.9 Å². The summed E-state index contributed by atoms with van der Waals surface area (Å²) in [5.41, 5.74) is 6.21. The molecule has 1 aromatic rings. The highest BCUT2D eigenvalue weighted by Crippen LogP contribution is 2.31. The predicted molar refractivity (Wildman–Crippen MR) is 96.8 cm³/mol. The molecule has 8 heteroatoms. The Morgan fingerprint density at radius 2 is 2.08 bits per heavy atom. The number of carbonyl (C=O) groups is 1. The minimum atomic E-state index is -0.453. The second-order valence-electron chi connectivity index (χ2n) is 6.94. The number of nitrogens with zero attached hydrogens (tertiary/aromatic N) is 2. The SMILES string of the molecule is CN(CC(C)(C)CN)C(=O)c1ccc(NC2CC2)c([N+](=O)[O-])c1.Cl. The number of amides is 1. The van der Waals surface area contributed by atoms with E-state index < -0.39 is 4.92 Å². The number of benzene rings is 1. The number of rotatable bonds is 7. The molecule has 0 atom stereocenters. The van der Waals surface area contributed by atoms with E-state index in [-0.39, 0.29) is 29.4 Å². The highest BCUT2D eigenvalue weighted by Gasteiger charge is 2.27. The van der Waals surface area contributed by atoms with Crippen molar-refractivity contribution in [3.63, 3.8) is 0 Å². The monoisotopic (exact) mass is 356 g/mol. The van der Waals surface area contributed by atoms with Gasteiger partial charge in [-0.05, 0) is 36.9 Å². The molecule has 1 aliphatic rings. The summed E-state index contributed by atoms with van der Waals surface area (Å²) in [6, 6.07) is 4.90. The van der Waals surface area contributed by atoms with E-state index in [4.69, 9.17) is 5.73 Å². The molecule has 24 heavy (non-hydrogen) atoms. The lowest BCUT2D eigenvalue weighted by atomic mass is 9.93. The number of nitro groups is 1. The number of nitro benzene ring substituents is 1. The van der Waals surface area contributed by atoms with Gasteiger partial charge in [-0.25, -0.2) is 0 Å². The van der Waals surface area contributed by atoms with Crippen LogP contribution in [0.25, 0.3) is 0 Å². The van der Waals surface area contributed by atoms with Crippen LogP contribution in [0.1, 0.15) is 37.0 Å². The Labute approximate surface area is 148 Å². The summed E-state index contributed by atoms with van der Waals surface area (Å²) in [6.45, 7) is 4.89. The molecule has 0 saturated heterocycles. The second kappa shape index (κ2) is 7.81. The summed E-state index contributed by atoms with van der Waals surface area (Å²) < 4.78 is 0. The molecule has 3 N–H and O–H groups in total. The van der Waals surface area contributed by atoms with Gasteiger partial charge >= 0.3 is 0 Å². The highest BCUT2D eigenvalue weighted by atomic mass is 35.5. The maximum absolute atomic E-state index is 12.5. The quantitative estimate of drug-likeness (QED) is 0.577. The van der Waals surface area contributed by atoms with Gasteiger partial charge in [0, 0.05) is 31.3 Å². The molecule has 0 spiro atoms. The van der Waals surface area contributed by atoms with Crippen molar-refractivity contribution in [1.82, 2.24) is 4.90 Å². The van der Waals surface area contributed by atoms with E-state index in [0.717, 1.165) is 12.8 Å². The average Bonchev–Trinajstić information content (AvgIpc) is 3.30. The molecule has 1 fully saturated rings. The number of hydrogen-bond acceptors (Lipinski definition) is 5. The van der Waals surface area contributed by atoms with Crippen LogP contribution in [0.5, 0.6) is 0 Å². The van der Waals surface area contributed by atoms with Gasteiger partial charge in [-0.2, -0.15) is 0 Å². The molecule has 1 amide bonds. The van der Waals surface area contributed by atoms with Gasteiger partial charge in [0.1, 0.15) is 5.69 Å². The number of halogens is 1. The molecule has 0 aliphatic heterocycles. The second-order valence-corrected chi connectivity index (χ2v) is 6.94. The van der Waals surface area contributed by atoms with Crippen LogP contribution in [0.2, 0.25) is 0 Å². The summed E-state index contributed by atoms with van der Waals surface area (Å²) in [4.78, 5) is 24.9. The van der Waals surface area contributed by atoms with Crippen molar-refractivity contribution in [2.24, 2.45) is 11.1 Å². The predicted octanol–water partition coefficient (Wildman–Crippen LogP) is 2.65.